The molecule has 0 atom stereocenters. The number of hydrogen-bond acceptors (Lipinski definition) is 7. The van der Waals surface area contributed by atoms with Crippen molar-refractivity contribution in [2.45, 2.75) is 13.8 Å². The van der Waals surface area contributed by atoms with Crippen LogP contribution in [-0.2, 0) is 14.4 Å². The first-order valence-electron chi connectivity index (χ1n) is 9.94. The number of methoxy groups -OCH3 is 1. The van der Waals surface area contributed by atoms with E-state index in [9.17, 15) is 19.2 Å². The van der Waals surface area contributed by atoms with Crippen molar-refractivity contribution in [3.05, 3.63) is 56.4 Å². The molecule has 3 rings (SSSR count). The number of imide groups is 1. The Kier molecular flexibility index (Phi) is 8.00. The molecule has 0 aliphatic carbocycles. The average Bonchev–Trinajstić information content (AvgIpc) is 3.02. The van der Waals surface area contributed by atoms with Gasteiger partial charge in [0.2, 0.25) is 5.91 Å². The molecule has 1 aliphatic heterocycles. The summed E-state index contributed by atoms with van der Waals surface area (Å²) in [7, 11) is 1.39. The van der Waals surface area contributed by atoms with E-state index in [1.54, 1.807) is 12.1 Å². The first-order valence-corrected chi connectivity index (χ1v) is 11.5. The fourth-order valence-corrected chi connectivity index (χ4v) is 4.63. The second-order valence-electron chi connectivity index (χ2n) is 7.30. The molecule has 9 nitrogen and oxygen atoms in total. The van der Waals surface area contributed by atoms with Gasteiger partial charge in [0.25, 0.3) is 11.1 Å². The van der Waals surface area contributed by atoms with Crippen molar-refractivity contribution < 1.29 is 33.8 Å². The maximum atomic E-state index is 12.8. The highest BCUT2D eigenvalue weighted by Crippen LogP contribution is 2.39. The standard InChI is InChI=1S/C23H21BrN2O7S/c1-12-5-4-6-13(2)20(12)25-18(27)10-26-22(30)17(34-23(26)31)9-14-7-15(24)21(16(8-14)32-3)33-11-19(28)29/h4-9H,10-11H2,1-3H3,(H,25,27)(H,28,29)/b17-9-. The molecular weight excluding hydrogens is 528 g/mol. The van der Waals surface area contributed by atoms with Crippen LogP contribution in [0.2, 0.25) is 0 Å². The molecule has 0 spiro atoms. The number of carbonyl (C=O) groups is 4. The number of thioether (sulfide) groups is 1. The smallest absolute Gasteiger partial charge is 0.341 e. The second kappa shape index (κ2) is 10.7. The van der Waals surface area contributed by atoms with Crippen LogP contribution in [0.25, 0.3) is 6.08 Å². The Morgan fingerprint density at radius 1 is 1.21 bits per heavy atom. The van der Waals surface area contributed by atoms with Crippen molar-refractivity contribution in [3.63, 3.8) is 0 Å². The van der Waals surface area contributed by atoms with Gasteiger partial charge in [0.05, 0.1) is 16.5 Å². The van der Waals surface area contributed by atoms with E-state index in [0.29, 0.717) is 15.7 Å². The van der Waals surface area contributed by atoms with E-state index >= 15 is 0 Å². The Morgan fingerprint density at radius 2 is 1.88 bits per heavy atom. The molecule has 0 aromatic heterocycles. The number of amides is 3. The van der Waals surface area contributed by atoms with Crippen LogP contribution in [0.3, 0.4) is 0 Å². The molecule has 0 bridgehead atoms. The van der Waals surface area contributed by atoms with Gasteiger partial charge in [0.1, 0.15) is 6.54 Å². The topological polar surface area (TPSA) is 122 Å². The summed E-state index contributed by atoms with van der Waals surface area (Å²) in [5.74, 6) is -1.78. The van der Waals surface area contributed by atoms with Gasteiger partial charge in [-0.1, -0.05) is 18.2 Å². The zero-order valence-corrected chi connectivity index (χ0v) is 20.9. The van der Waals surface area contributed by atoms with Gasteiger partial charge in [-0.05, 0) is 76.4 Å². The summed E-state index contributed by atoms with van der Waals surface area (Å²) in [4.78, 5) is 49.6. The molecule has 2 aromatic rings. The predicted molar refractivity (Wildman–Crippen MR) is 131 cm³/mol. The molecule has 178 valence electrons. The summed E-state index contributed by atoms with van der Waals surface area (Å²) >= 11 is 4.03. The van der Waals surface area contributed by atoms with Crippen molar-refractivity contribution in [1.82, 2.24) is 4.90 Å². The number of hydrogen-bond donors (Lipinski definition) is 2. The third-order valence-electron chi connectivity index (χ3n) is 4.81. The Balaban J connectivity index is 1.77. The predicted octanol–water partition coefficient (Wildman–Crippen LogP) is 4.21. The zero-order chi connectivity index (χ0) is 25.0. The number of halogens is 1. The van der Waals surface area contributed by atoms with Gasteiger partial charge in [-0.3, -0.25) is 19.3 Å². The largest absolute Gasteiger partial charge is 0.493 e. The fraction of sp³-hybridized carbons (Fsp3) is 0.217. The minimum atomic E-state index is -1.15. The lowest BCUT2D eigenvalue weighted by molar-refractivity contribution is -0.139. The maximum absolute atomic E-state index is 12.8. The minimum Gasteiger partial charge on any atom is -0.493 e. The highest BCUT2D eigenvalue weighted by atomic mass is 79.9. The Labute approximate surface area is 208 Å². The first kappa shape index (κ1) is 25.3. The third-order valence-corrected chi connectivity index (χ3v) is 6.31. The van der Waals surface area contributed by atoms with Gasteiger partial charge in [0, 0.05) is 5.69 Å². The van der Waals surface area contributed by atoms with Gasteiger partial charge < -0.3 is 19.9 Å². The zero-order valence-electron chi connectivity index (χ0n) is 18.5. The third kappa shape index (κ3) is 5.78. The summed E-state index contributed by atoms with van der Waals surface area (Å²) in [6, 6.07) is 8.73. The Hall–Kier alpha value is -3.31. The van der Waals surface area contributed by atoms with Crippen LogP contribution in [0.1, 0.15) is 16.7 Å². The molecular formula is C23H21BrN2O7S. The lowest BCUT2D eigenvalue weighted by Crippen LogP contribution is -2.36. The molecule has 2 N–H and O–H groups in total. The van der Waals surface area contributed by atoms with Crippen LogP contribution in [0.4, 0.5) is 10.5 Å². The summed E-state index contributed by atoms with van der Waals surface area (Å²) < 4.78 is 10.9. The molecule has 34 heavy (non-hydrogen) atoms. The monoisotopic (exact) mass is 548 g/mol. The van der Waals surface area contributed by atoms with Gasteiger partial charge in [-0.15, -0.1) is 0 Å². The Morgan fingerprint density at radius 3 is 2.50 bits per heavy atom. The van der Waals surface area contributed by atoms with Crippen LogP contribution in [0.15, 0.2) is 39.7 Å². The SMILES string of the molecule is COc1cc(/C=C2\SC(=O)N(CC(=O)Nc3c(C)cccc3C)C2=O)cc(Br)c1OCC(=O)O. The lowest BCUT2D eigenvalue weighted by Gasteiger charge is -2.15. The fourth-order valence-electron chi connectivity index (χ4n) is 3.22. The number of aliphatic carboxylic acids is 1. The number of anilines is 1. The van der Waals surface area contributed by atoms with E-state index in [4.69, 9.17) is 14.6 Å². The molecule has 11 heteroatoms. The van der Waals surface area contributed by atoms with Crippen molar-refractivity contribution in [2.75, 3.05) is 25.6 Å². The highest BCUT2D eigenvalue weighted by molar-refractivity contribution is 9.10. The summed E-state index contributed by atoms with van der Waals surface area (Å²) in [6.07, 6.45) is 1.49. The van der Waals surface area contributed by atoms with Crippen LogP contribution in [0.5, 0.6) is 11.5 Å². The highest BCUT2D eigenvalue weighted by Gasteiger charge is 2.36. The summed E-state index contributed by atoms with van der Waals surface area (Å²) in [5, 5.41) is 11.0. The summed E-state index contributed by atoms with van der Waals surface area (Å²) in [5.41, 5.74) is 2.91. The quantitative estimate of drug-likeness (QED) is 0.470. The van der Waals surface area contributed by atoms with E-state index in [1.807, 2.05) is 32.0 Å². The van der Waals surface area contributed by atoms with Gasteiger partial charge in [0.15, 0.2) is 18.1 Å². The van der Waals surface area contributed by atoms with Crippen molar-refractivity contribution >= 4 is 62.5 Å². The summed E-state index contributed by atoms with van der Waals surface area (Å²) in [6.45, 7) is 2.74. The van der Waals surface area contributed by atoms with Crippen LogP contribution >= 0.6 is 27.7 Å². The van der Waals surface area contributed by atoms with Gasteiger partial charge in [-0.25, -0.2) is 4.79 Å². The van der Waals surface area contributed by atoms with Gasteiger partial charge in [-0.2, -0.15) is 0 Å². The number of carboxylic acid groups (broad SMARTS) is 1. The van der Waals surface area contributed by atoms with Crippen molar-refractivity contribution in [3.8, 4) is 11.5 Å². The molecule has 2 aromatic carbocycles. The number of nitrogens with one attached hydrogen (secondary N) is 1. The Bertz CT molecular complexity index is 1190. The maximum Gasteiger partial charge on any atom is 0.341 e. The van der Waals surface area contributed by atoms with E-state index in [1.165, 1.54) is 13.2 Å². The van der Waals surface area contributed by atoms with Crippen LogP contribution < -0.4 is 14.8 Å². The molecule has 1 heterocycles. The number of aryl methyl sites for hydroxylation is 2. The van der Waals surface area contributed by atoms with Crippen LogP contribution in [-0.4, -0.2) is 53.3 Å². The minimum absolute atomic E-state index is 0.137. The van der Waals surface area contributed by atoms with Gasteiger partial charge >= 0.3 is 5.97 Å². The molecule has 1 saturated heterocycles. The van der Waals surface area contributed by atoms with Crippen molar-refractivity contribution in [2.24, 2.45) is 0 Å². The molecule has 1 fully saturated rings. The number of carboxylic acids is 1. The van der Waals surface area contributed by atoms with E-state index in [2.05, 4.69) is 21.2 Å². The molecule has 1 aliphatic rings. The van der Waals surface area contributed by atoms with Crippen molar-refractivity contribution in [1.29, 1.82) is 0 Å². The average molecular weight is 549 g/mol. The number of ether oxygens (including phenoxy) is 2. The number of para-hydroxylation sites is 1. The second-order valence-corrected chi connectivity index (χ2v) is 9.15. The van der Waals surface area contributed by atoms with E-state index in [0.717, 1.165) is 27.8 Å². The molecule has 0 radical (unpaired) electrons. The lowest BCUT2D eigenvalue weighted by atomic mass is 10.1. The first-order chi connectivity index (χ1) is 16.1. The van der Waals surface area contributed by atoms with E-state index < -0.39 is 36.2 Å². The molecule has 0 saturated carbocycles. The number of rotatable bonds is 8. The molecule has 3 amide bonds. The normalized spacial score (nSPS) is 14.5. The number of nitrogens with zero attached hydrogens (tertiary/aromatic N) is 1. The van der Waals surface area contributed by atoms with Crippen LogP contribution in [0, 0.1) is 13.8 Å². The molecule has 0 unspecified atom stereocenters. The number of carbonyl (C=O) groups excluding carboxylic acids is 3. The van der Waals surface area contributed by atoms with E-state index in [-0.39, 0.29) is 16.4 Å². The number of benzene rings is 2.